The predicted molar refractivity (Wildman–Crippen MR) is 59.5 cm³/mol. The predicted octanol–water partition coefficient (Wildman–Crippen LogP) is 1.52. The fourth-order valence-electron chi connectivity index (χ4n) is 2.19. The van der Waals surface area contributed by atoms with E-state index in [0.717, 1.165) is 30.8 Å². The van der Waals surface area contributed by atoms with Crippen LogP contribution < -0.4 is 15.2 Å². The van der Waals surface area contributed by atoms with Crippen LogP contribution in [0.4, 0.5) is 0 Å². The smallest absolute Gasteiger partial charge is 0.164 e. The summed E-state index contributed by atoms with van der Waals surface area (Å²) in [5.74, 6) is 1.65. The van der Waals surface area contributed by atoms with E-state index in [-0.39, 0.29) is 6.04 Å². The summed E-state index contributed by atoms with van der Waals surface area (Å²) >= 11 is 0. The second-order valence-electron chi connectivity index (χ2n) is 3.94. The van der Waals surface area contributed by atoms with Crippen LogP contribution in [-0.2, 0) is 12.8 Å². The van der Waals surface area contributed by atoms with Crippen molar-refractivity contribution >= 4 is 0 Å². The van der Waals surface area contributed by atoms with E-state index >= 15 is 0 Å². The summed E-state index contributed by atoms with van der Waals surface area (Å²) in [5.41, 5.74) is 8.53. The number of hydrogen-bond donors (Lipinski definition) is 1. The van der Waals surface area contributed by atoms with Crippen molar-refractivity contribution in [2.24, 2.45) is 5.73 Å². The van der Waals surface area contributed by atoms with Gasteiger partial charge in [0.25, 0.3) is 0 Å². The first-order valence-corrected chi connectivity index (χ1v) is 5.24. The number of aryl methyl sites for hydroxylation is 1. The van der Waals surface area contributed by atoms with Gasteiger partial charge in [-0.15, -0.1) is 0 Å². The molecule has 0 bridgehead atoms. The minimum absolute atomic E-state index is 0.249. The molecule has 1 atom stereocenters. The molecule has 2 N–H and O–H groups in total. The highest BCUT2D eigenvalue weighted by atomic mass is 16.5. The van der Waals surface area contributed by atoms with Crippen molar-refractivity contribution in [1.29, 1.82) is 0 Å². The van der Waals surface area contributed by atoms with Gasteiger partial charge in [0, 0.05) is 11.6 Å². The summed E-state index contributed by atoms with van der Waals surface area (Å²) in [6, 6.07) is 4.33. The monoisotopic (exact) mass is 207 g/mol. The second-order valence-corrected chi connectivity index (χ2v) is 3.94. The van der Waals surface area contributed by atoms with Crippen LogP contribution in [0.1, 0.15) is 17.5 Å². The Kier molecular flexibility index (Phi) is 2.82. The lowest BCUT2D eigenvalue weighted by Gasteiger charge is -2.24. The van der Waals surface area contributed by atoms with Crippen LogP contribution >= 0.6 is 0 Å². The molecule has 1 aliphatic carbocycles. The van der Waals surface area contributed by atoms with Crippen molar-refractivity contribution in [2.45, 2.75) is 25.3 Å². The molecule has 1 aromatic carbocycles. The molecule has 0 radical (unpaired) electrons. The van der Waals surface area contributed by atoms with Crippen molar-refractivity contribution in [1.82, 2.24) is 0 Å². The number of methoxy groups -OCH3 is 2. The first-order valence-electron chi connectivity index (χ1n) is 5.24. The van der Waals surface area contributed by atoms with Crippen molar-refractivity contribution in [3.63, 3.8) is 0 Å². The molecule has 1 aliphatic rings. The molecule has 2 rings (SSSR count). The molecule has 0 saturated carbocycles. The van der Waals surface area contributed by atoms with E-state index in [0.29, 0.717) is 0 Å². The van der Waals surface area contributed by atoms with Crippen LogP contribution in [0.25, 0.3) is 0 Å². The first kappa shape index (κ1) is 10.3. The van der Waals surface area contributed by atoms with E-state index in [1.807, 2.05) is 6.07 Å². The van der Waals surface area contributed by atoms with Crippen LogP contribution in [0.2, 0.25) is 0 Å². The summed E-state index contributed by atoms with van der Waals surface area (Å²) in [6.07, 6.45) is 2.98. The van der Waals surface area contributed by atoms with Gasteiger partial charge in [0.1, 0.15) is 0 Å². The summed E-state index contributed by atoms with van der Waals surface area (Å²) in [4.78, 5) is 0. The van der Waals surface area contributed by atoms with Crippen molar-refractivity contribution in [3.05, 3.63) is 23.3 Å². The Balaban J connectivity index is 2.48. The molecule has 3 heteroatoms. The average Bonchev–Trinajstić information content (AvgIpc) is 2.27. The van der Waals surface area contributed by atoms with Gasteiger partial charge in [-0.05, 0) is 30.9 Å². The van der Waals surface area contributed by atoms with Crippen LogP contribution in [0, 0.1) is 0 Å². The molecule has 0 heterocycles. The van der Waals surface area contributed by atoms with Crippen molar-refractivity contribution < 1.29 is 9.47 Å². The molecular weight excluding hydrogens is 190 g/mol. The minimum Gasteiger partial charge on any atom is -0.493 e. The number of ether oxygens (including phenoxy) is 2. The van der Waals surface area contributed by atoms with Crippen LogP contribution in [-0.4, -0.2) is 20.3 Å². The highest BCUT2D eigenvalue weighted by Crippen LogP contribution is 2.36. The Labute approximate surface area is 90.2 Å². The van der Waals surface area contributed by atoms with Gasteiger partial charge in [-0.3, -0.25) is 0 Å². The maximum atomic E-state index is 5.97. The van der Waals surface area contributed by atoms with Gasteiger partial charge in [0.2, 0.25) is 0 Å². The third-order valence-corrected chi connectivity index (χ3v) is 3.00. The molecule has 82 valence electrons. The van der Waals surface area contributed by atoms with Crippen LogP contribution in [0.3, 0.4) is 0 Å². The molecule has 0 unspecified atom stereocenters. The summed E-state index contributed by atoms with van der Waals surface area (Å²) in [5, 5.41) is 0. The third kappa shape index (κ3) is 1.79. The van der Waals surface area contributed by atoms with Gasteiger partial charge in [0.15, 0.2) is 11.5 Å². The minimum atomic E-state index is 0.249. The normalized spacial score (nSPS) is 19.5. The van der Waals surface area contributed by atoms with Gasteiger partial charge in [-0.2, -0.15) is 0 Å². The number of nitrogens with two attached hydrogens (primary N) is 1. The lowest BCUT2D eigenvalue weighted by molar-refractivity contribution is 0.348. The Morgan fingerprint density at radius 3 is 2.73 bits per heavy atom. The maximum Gasteiger partial charge on any atom is 0.164 e. The van der Waals surface area contributed by atoms with E-state index in [1.165, 1.54) is 11.1 Å². The molecule has 0 saturated heterocycles. The molecule has 15 heavy (non-hydrogen) atoms. The van der Waals surface area contributed by atoms with Crippen molar-refractivity contribution in [3.8, 4) is 11.5 Å². The molecule has 0 amide bonds. The number of hydrogen-bond acceptors (Lipinski definition) is 3. The molecule has 1 aromatic rings. The molecule has 0 aromatic heterocycles. The summed E-state index contributed by atoms with van der Waals surface area (Å²) in [7, 11) is 3.34. The second kappa shape index (κ2) is 4.11. The molecule has 0 fully saturated rings. The zero-order valence-corrected chi connectivity index (χ0v) is 9.25. The van der Waals surface area contributed by atoms with Gasteiger partial charge < -0.3 is 15.2 Å². The van der Waals surface area contributed by atoms with E-state index < -0.39 is 0 Å². The summed E-state index contributed by atoms with van der Waals surface area (Å²) in [6.45, 7) is 0. The first-order chi connectivity index (χ1) is 7.26. The Morgan fingerprint density at radius 1 is 1.27 bits per heavy atom. The maximum absolute atomic E-state index is 5.97. The SMILES string of the molecule is COc1ccc2c(c1OC)C[C@H](N)CC2. The number of rotatable bonds is 2. The topological polar surface area (TPSA) is 44.5 Å². The lowest BCUT2D eigenvalue weighted by atomic mass is 9.88. The summed E-state index contributed by atoms with van der Waals surface area (Å²) < 4.78 is 10.7. The Bertz CT molecular complexity index is 363. The fourth-order valence-corrected chi connectivity index (χ4v) is 2.19. The highest BCUT2D eigenvalue weighted by molar-refractivity contribution is 5.52. The van der Waals surface area contributed by atoms with Crippen LogP contribution in [0.15, 0.2) is 12.1 Å². The van der Waals surface area contributed by atoms with E-state index in [2.05, 4.69) is 6.07 Å². The van der Waals surface area contributed by atoms with Gasteiger partial charge in [-0.25, -0.2) is 0 Å². The largest absolute Gasteiger partial charge is 0.493 e. The van der Waals surface area contributed by atoms with E-state index in [9.17, 15) is 0 Å². The fraction of sp³-hybridized carbons (Fsp3) is 0.500. The van der Waals surface area contributed by atoms with E-state index in [1.54, 1.807) is 14.2 Å². The van der Waals surface area contributed by atoms with E-state index in [4.69, 9.17) is 15.2 Å². The lowest BCUT2D eigenvalue weighted by Crippen LogP contribution is -2.28. The van der Waals surface area contributed by atoms with Gasteiger partial charge in [0.05, 0.1) is 14.2 Å². The molecule has 3 nitrogen and oxygen atoms in total. The van der Waals surface area contributed by atoms with Crippen molar-refractivity contribution in [2.75, 3.05) is 14.2 Å². The van der Waals surface area contributed by atoms with Gasteiger partial charge >= 0.3 is 0 Å². The zero-order valence-electron chi connectivity index (χ0n) is 9.25. The Morgan fingerprint density at radius 2 is 2.07 bits per heavy atom. The molecule has 0 spiro atoms. The quantitative estimate of drug-likeness (QED) is 0.799. The third-order valence-electron chi connectivity index (χ3n) is 3.00. The number of fused-ring (bicyclic) bond motifs is 1. The zero-order chi connectivity index (χ0) is 10.8. The number of benzene rings is 1. The molecule has 0 aliphatic heterocycles. The Hall–Kier alpha value is -1.22. The van der Waals surface area contributed by atoms with Crippen LogP contribution in [0.5, 0.6) is 11.5 Å². The van der Waals surface area contributed by atoms with Gasteiger partial charge in [-0.1, -0.05) is 6.07 Å². The average molecular weight is 207 g/mol. The highest BCUT2D eigenvalue weighted by Gasteiger charge is 2.21. The molecular formula is C12H17NO2. The standard InChI is InChI=1S/C12H17NO2/c1-14-11-6-4-8-3-5-9(13)7-10(8)12(11)15-2/h4,6,9H,3,5,7,13H2,1-2H3/t9-/m1/s1.